The van der Waals surface area contributed by atoms with Crippen LogP contribution in [0.2, 0.25) is 0 Å². The Morgan fingerprint density at radius 2 is 2.17 bits per heavy atom. The van der Waals surface area contributed by atoms with Crippen LogP contribution in [0.1, 0.15) is 15.9 Å². The van der Waals surface area contributed by atoms with Crippen molar-refractivity contribution < 1.29 is 4.79 Å². The summed E-state index contributed by atoms with van der Waals surface area (Å²) in [6, 6.07) is 9.97. The van der Waals surface area contributed by atoms with Crippen molar-refractivity contribution in [1.29, 1.82) is 0 Å². The molecule has 0 saturated heterocycles. The van der Waals surface area contributed by atoms with Gasteiger partial charge in [0.2, 0.25) is 6.54 Å². The summed E-state index contributed by atoms with van der Waals surface area (Å²) in [6.45, 7) is 7.36. The predicted molar refractivity (Wildman–Crippen MR) is 93.2 cm³/mol. The molecule has 0 spiro atoms. The number of carbonyl (C=O) groups excluding carboxylic acids is 1. The van der Waals surface area contributed by atoms with E-state index >= 15 is 0 Å². The van der Waals surface area contributed by atoms with Crippen molar-refractivity contribution in [1.82, 2.24) is 4.98 Å². The molecule has 6 heteroatoms. The van der Waals surface area contributed by atoms with Crippen LogP contribution in [-0.2, 0) is 6.42 Å². The lowest BCUT2D eigenvalue weighted by Crippen LogP contribution is -2.11. The Balaban J connectivity index is 2.11. The first-order valence-electron chi connectivity index (χ1n) is 7.00. The van der Waals surface area contributed by atoms with E-state index in [1.807, 2.05) is 24.3 Å². The molecule has 2 heterocycles. The fourth-order valence-corrected chi connectivity index (χ4v) is 3.60. The summed E-state index contributed by atoms with van der Waals surface area (Å²) in [4.78, 5) is 20.0. The Bertz CT molecular complexity index is 939. The van der Waals surface area contributed by atoms with E-state index in [2.05, 4.69) is 15.9 Å². The van der Waals surface area contributed by atoms with E-state index in [-0.39, 0.29) is 0 Å². The number of anilines is 1. The number of primary amides is 1. The monoisotopic (exact) mass is 322 g/mol. The zero-order valence-corrected chi connectivity index (χ0v) is 13.1. The van der Waals surface area contributed by atoms with E-state index in [9.17, 15) is 4.79 Å². The number of benzene rings is 1. The molecule has 0 unspecified atom stereocenters. The molecule has 3 rings (SSSR count). The third-order valence-corrected chi connectivity index (χ3v) is 4.79. The van der Waals surface area contributed by atoms with Crippen LogP contribution in [0.3, 0.4) is 0 Å². The summed E-state index contributed by atoms with van der Waals surface area (Å²) in [5, 5.41) is 0.743. The first kappa shape index (κ1) is 15.0. The number of rotatable bonds is 4. The summed E-state index contributed by atoms with van der Waals surface area (Å²) >= 11 is 1.47. The number of carbonyl (C=O) groups is 1. The smallest absolute Gasteiger partial charge is 0.251 e. The van der Waals surface area contributed by atoms with Crippen LogP contribution in [0.5, 0.6) is 0 Å². The number of fused-ring (bicyclic) bond motifs is 1. The molecule has 1 amide bonds. The Labute approximate surface area is 137 Å². The Kier molecular flexibility index (Phi) is 3.96. The van der Waals surface area contributed by atoms with Gasteiger partial charge >= 0.3 is 0 Å². The quantitative estimate of drug-likeness (QED) is 0.724. The molecule has 0 bridgehead atoms. The van der Waals surface area contributed by atoms with E-state index in [1.54, 1.807) is 0 Å². The van der Waals surface area contributed by atoms with Crippen molar-refractivity contribution in [2.75, 3.05) is 12.3 Å². The largest absolute Gasteiger partial charge is 0.383 e. The van der Waals surface area contributed by atoms with Gasteiger partial charge in [0.25, 0.3) is 5.91 Å². The number of thiophene rings is 1. The molecule has 0 saturated carbocycles. The molecule has 23 heavy (non-hydrogen) atoms. The molecule has 0 aliphatic rings. The third-order valence-electron chi connectivity index (χ3n) is 3.57. The van der Waals surface area contributed by atoms with Gasteiger partial charge in [0.05, 0.1) is 10.3 Å². The molecule has 0 fully saturated rings. The SMILES string of the molecule is [C-]#[N+]CCc1cccc(-c2cc3c(N)ncc(C(N)=O)c3s2)c1. The van der Waals surface area contributed by atoms with E-state index in [1.165, 1.54) is 17.5 Å². The highest BCUT2D eigenvalue weighted by atomic mass is 32.1. The first-order chi connectivity index (χ1) is 11.1. The highest BCUT2D eigenvalue weighted by Gasteiger charge is 2.14. The number of amides is 1. The molecule has 5 nitrogen and oxygen atoms in total. The normalized spacial score (nSPS) is 10.6. The van der Waals surface area contributed by atoms with Gasteiger partial charge in [-0.25, -0.2) is 11.6 Å². The van der Waals surface area contributed by atoms with Crippen LogP contribution in [0.15, 0.2) is 36.5 Å². The van der Waals surface area contributed by atoms with Crippen LogP contribution in [0, 0.1) is 6.57 Å². The van der Waals surface area contributed by atoms with Gasteiger partial charge in [0.1, 0.15) is 5.82 Å². The van der Waals surface area contributed by atoms with Crippen molar-refractivity contribution in [3.05, 3.63) is 59.1 Å². The Morgan fingerprint density at radius 3 is 2.91 bits per heavy atom. The Morgan fingerprint density at radius 1 is 1.35 bits per heavy atom. The fourth-order valence-electron chi connectivity index (χ4n) is 2.43. The zero-order chi connectivity index (χ0) is 16.4. The highest BCUT2D eigenvalue weighted by Crippen LogP contribution is 2.37. The maximum Gasteiger partial charge on any atom is 0.251 e. The van der Waals surface area contributed by atoms with E-state index in [4.69, 9.17) is 18.0 Å². The number of nitrogens with zero attached hydrogens (tertiary/aromatic N) is 2. The molecule has 2 aromatic heterocycles. The number of hydrogen-bond donors (Lipinski definition) is 2. The summed E-state index contributed by atoms with van der Waals surface area (Å²) in [5.41, 5.74) is 13.9. The van der Waals surface area contributed by atoms with Gasteiger partial charge in [-0.15, -0.1) is 11.3 Å². The maximum atomic E-state index is 11.6. The lowest BCUT2D eigenvalue weighted by molar-refractivity contribution is 0.100. The highest BCUT2D eigenvalue weighted by molar-refractivity contribution is 7.22. The van der Waals surface area contributed by atoms with Gasteiger partial charge in [-0.05, 0) is 17.2 Å². The van der Waals surface area contributed by atoms with Gasteiger partial charge in [0.15, 0.2) is 0 Å². The van der Waals surface area contributed by atoms with Crippen molar-refractivity contribution >= 4 is 33.1 Å². The van der Waals surface area contributed by atoms with Gasteiger partial charge in [-0.1, -0.05) is 24.3 Å². The zero-order valence-electron chi connectivity index (χ0n) is 12.2. The number of aromatic nitrogens is 1. The molecular formula is C17H14N4OS. The third kappa shape index (κ3) is 2.87. The molecule has 0 atom stereocenters. The molecule has 0 aliphatic heterocycles. The second kappa shape index (κ2) is 6.07. The minimum Gasteiger partial charge on any atom is -0.383 e. The van der Waals surface area contributed by atoms with Crippen LogP contribution in [0.25, 0.3) is 25.4 Å². The van der Waals surface area contributed by atoms with Crippen molar-refractivity contribution in [3.8, 4) is 10.4 Å². The van der Waals surface area contributed by atoms with Crippen molar-refractivity contribution in [2.45, 2.75) is 6.42 Å². The molecule has 114 valence electrons. The molecule has 1 aromatic carbocycles. The summed E-state index contributed by atoms with van der Waals surface area (Å²) in [5.74, 6) is -0.127. The van der Waals surface area contributed by atoms with Gasteiger partial charge in [0, 0.05) is 22.9 Å². The van der Waals surface area contributed by atoms with Crippen molar-refractivity contribution in [2.24, 2.45) is 5.73 Å². The average molecular weight is 322 g/mol. The van der Waals surface area contributed by atoms with Crippen molar-refractivity contribution in [3.63, 3.8) is 0 Å². The Hall–Kier alpha value is -2.91. The van der Waals surface area contributed by atoms with Gasteiger partial charge < -0.3 is 16.3 Å². The minimum atomic E-state index is -0.512. The molecule has 0 aliphatic carbocycles. The molecular weight excluding hydrogens is 308 g/mol. The topological polar surface area (TPSA) is 86.4 Å². The van der Waals surface area contributed by atoms with Crippen LogP contribution in [-0.4, -0.2) is 17.4 Å². The van der Waals surface area contributed by atoms with Crippen LogP contribution >= 0.6 is 11.3 Å². The lowest BCUT2D eigenvalue weighted by Gasteiger charge is -2.00. The predicted octanol–water partition coefficient (Wildman–Crippen LogP) is 3.11. The minimum absolute atomic E-state index is 0.384. The molecule has 0 radical (unpaired) electrons. The van der Waals surface area contributed by atoms with E-state index < -0.39 is 5.91 Å². The number of pyridine rings is 1. The first-order valence-corrected chi connectivity index (χ1v) is 7.82. The van der Waals surface area contributed by atoms with E-state index in [0.717, 1.165) is 32.5 Å². The standard InChI is InChI=1S/C17H14N4OS/c1-20-6-5-10-3-2-4-11(7-10)14-8-12-15(23-14)13(17(19)22)9-21-16(12)18/h2-4,7-9H,5-6H2,(H2,18,21)(H2,19,22). The average Bonchev–Trinajstić information content (AvgIpc) is 2.99. The second-order valence-electron chi connectivity index (χ2n) is 5.11. The number of hydrogen-bond acceptors (Lipinski definition) is 4. The molecule has 4 N–H and O–H groups in total. The van der Waals surface area contributed by atoms with Crippen LogP contribution < -0.4 is 11.5 Å². The van der Waals surface area contributed by atoms with Gasteiger partial charge in [-0.3, -0.25) is 4.79 Å². The summed E-state index contributed by atoms with van der Waals surface area (Å²) in [7, 11) is 0. The van der Waals surface area contributed by atoms with Crippen LogP contribution in [0.4, 0.5) is 5.82 Å². The van der Waals surface area contributed by atoms with E-state index in [0.29, 0.717) is 17.9 Å². The maximum absolute atomic E-state index is 11.6. The van der Waals surface area contributed by atoms with Gasteiger partial charge in [-0.2, -0.15) is 0 Å². The second-order valence-corrected chi connectivity index (χ2v) is 6.16. The number of nitrogens with two attached hydrogens (primary N) is 2. The fraction of sp³-hybridized carbons (Fsp3) is 0.118. The summed E-state index contributed by atoms with van der Waals surface area (Å²) in [6.07, 6.45) is 2.14. The molecule has 3 aromatic rings. The lowest BCUT2D eigenvalue weighted by atomic mass is 10.1. The number of nitrogen functional groups attached to an aromatic ring is 1. The summed E-state index contributed by atoms with van der Waals surface area (Å²) < 4.78 is 0.756.